The minimum absolute atomic E-state index is 0.0754. The van der Waals surface area contributed by atoms with Crippen molar-refractivity contribution in [2.45, 2.75) is 25.3 Å². The summed E-state index contributed by atoms with van der Waals surface area (Å²) in [6, 6.07) is 8.24. The summed E-state index contributed by atoms with van der Waals surface area (Å²) in [6.07, 6.45) is 2.93. The maximum absolute atomic E-state index is 11.4. The number of para-hydroxylation sites is 2. The standard InChI is InChI=1S/C13H16N4O/c18-13(15-9-5-6-9)14-8-7-12-16-10-3-1-2-4-11(10)17-12/h1-4,9H,5-8H2,(H,16,17)(H2,14,15,18). The minimum atomic E-state index is -0.0754. The van der Waals surface area contributed by atoms with Crippen molar-refractivity contribution >= 4 is 17.1 Å². The lowest BCUT2D eigenvalue weighted by molar-refractivity contribution is 0.240. The van der Waals surface area contributed by atoms with Gasteiger partial charge in [0.25, 0.3) is 0 Å². The fourth-order valence-corrected chi connectivity index (χ4v) is 1.88. The number of carbonyl (C=O) groups excluding carboxylic acids is 1. The number of aromatic amines is 1. The van der Waals surface area contributed by atoms with Crippen molar-refractivity contribution in [3.63, 3.8) is 0 Å². The topological polar surface area (TPSA) is 69.8 Å². The predicted molar refractivity (Wildman–Crippen MR) is 69.4 cm³/mol. The second-order valence-corrected chi connectivity index (χ2v) is 4.63. The first kappa shape index (κ1) is 11.1. The first-order valence-corrected chi connectivity index (χ1v) is 6.29. The second kappa shape index (κ2) is 4.68. The number of imidazole rings is 1. The van der Waals surface area contributed by atoms with E-state index in [1.54, 1.807) is 0 Å². The molecule has 2 aromatic rings. The van der Waals surface area contributed by atoms with Gasteiger partial charge >= 0.3 is 6.03 Å². The molecule has 1 heterocycles. The Bertz CT molecular complexity index is 526. The van der Waals surface area contributed by atoms with Crippen molar-refractivity contribution < 1.29 is 4.79 Å². The van der Waals surface area contributed by atoms with Gasteiger partial charge in [0.1, 0.15) is 5.82 Å². The molecule has 5 heteroatoms. The van der Waals surface area contributed by atoms with Crippen LogP contribution in [-0.2, 0) is 6.42 Å². The number of nitrogens with one attached hydrogen (secondary N) is 3. The first-order chi connectivity index (χ1) is 8.81. The highest BCUT2D eigenvalue weighted by molar-refractivity contribution is 5.75. The van der Waals surface area contributed by atoms with Gasteiger partial charge < -0.3 is 15.6 Å². The smallest absolute Gasteiger partial charge is 0.315 e. The van der Waals surface area contributed by atoms with Gasteiger partial charge in [0, 0.05) is 19.0 Å². The van der Waals surface area contributed by atoms with Gasteiger partial charge in [0.05, 0.1) is 11.0 Å². The molecule has 18 heavy (non-hydrogen) atoms. The highest BCUT2D eigenvalue weighted by Gasteiger charge is 2.22. The number of benzene rings is 1. The molecule has 5 nitrogen and oxygen atoms in total. The van der Waals surface area contributed by atoms with Crippen LogP contribution in [0.15, 0.2) is 24.3 Å². The van der Waals surface area contributed by atoms with Gasteiger partial charge in [-0.25, -0.2) is 9.78 Å². The third-order valence-electron chi connectivity index (χ3n) is 3.00. The lowest BCUT2D eigenvalue weighted by Gasteiger charge is -2.04. The van der Waals surface area contributed by atoms with Gasteiger partial charge in [-0.2, -0.15) is 0 Å². The minimum Gasteiger partial charge on any atom is -0.342 e. The zero-order chi connectivity index (χ0) is 12.4. The van der Waals surface area contributed by atoms with Crippen LogP contribution in [-0.4, -0.2) is 28.6 Å². The van der Waals surface area contributed by atoms with Crippen molar-refractivity contribution in [3.8, 4) is 0 Å². The molecule has 0 atom stereocenters. The number of hydrogen-bond donors (Lipinski definition) is 3. The van der Waals surface area contributed by atoms with Crippen LogP contribution in [0.25, 0.3) is 11.0 Å². The van der Waals surface area contributed by atoms with Crippen LogP contribution in [0, 0.1) is 0 Å². The fraction of sp³-hybridized carbons (Fsp3) is 0.385. The molecule has 1 fully saturated rings. The Morgan fingerprint density at radius 2 is 2.22 bits per heavy atom. The number of nitrogens with zero attached hydrogens (tertiary/aromatic N) is 1. The Morgan fingerprint density at radius 1 is 1.39 bits per heavy atom. The average molecular weight is 244 g/mol. The van der Waals surface area contributed by atoms with E-state index in [0.29, 0.717) is 19.0 Å². The molecule has 94 valence electrons. The van der Waals surface area contributed by atoms with Gasteiger partial charge in [-0.05, 0) is 25.0 Å². The van der Waals surface area contributed by atoms with E-state index in [2.05, 4.69) is 20.6 Å². The SMILES string of the molecule is O=C(NCCc1nc2ccccc2[nH]1)NC1CC1. The summed E-state index contributed by atoms with van der Waals surface area (Å²) in [4.78, 5) is 19.1. The summed E-state index contributed by atoms with van der Waals surface area (Å²) >= 11 is 0. The van der Waals surface area contributed by atoms with Crippen LogP contribution in [0.2, 0.25) is 0 Å². The molecule has 0 saturated heterocycles. The maximum Gasteiger partial charge on any atom is 0.315 e. The number of fused-ring (bicyclic) bond motifs is 1. The average Bonchev–Trinajstić information content (AvgIpc) is 3.07. The molecule has 0 spiro atoms. The summed E-state index contributed by atoms with van der Waals surface area (Å²) in [7, 11) is 0. The van der Waals surface area contributed by atoms with Crippen LogP contribution >= 0.6 is 0 Å². The molecule has 0 radical (unpaired) electrons. The van der Waals surface area contributed by atoms with E-state index in [-0.39, 0.29) is 6.03 Å². The Labute approximate surface area is 105 Å². The summed E-state index contributed by atoms with van der Waals surface area (Å²) in [5.74, 6) is 0.905. The fourth-order valence-electron chi connectivity index (χ4n) is 1.88. The number of rotatable bonds is 4. The number of amides is 2. The second-order valence-electron chi connectivity index (χ2n) is 4.63. The van der Waals surface area contributed by atoms with Crippen LogP contribution in [0.3, 0.4) is 0 Å². The molecule has 1 aliphatic rings. The van der Waals surface area contributed by atoms with Crippen molar-refractivity contribution in [3.05, 3.63) is 30.1 Å². The van der Waals surface area contributed by atoms with E-state index in [1.807, 2.05) is 24.3 Å². The number of urea groups is 1. The van der Waals surface area contributed by atoms with E-state index in [0.717, 1.165) is 29.7 Å². The van der Waals surface area contributed by atoms with Crippen LogP contribution in [0.5, 0.6) is 0 Å². The lowest BCUT2D eigenvalue weighted by atomic mass is 10.3. The number of aromatic nitrogens is 2. The molecular weight excluding hydrogens is 228 g/mol. The van der Waals surface area contributed by atoms with Gasteiger partial charge in [0.2, 0.25) is 0 Å². The molecule has 0 bridgehead atoms. The third kappa shape index (κ3) is 2.61. The van der Waals surface area contributed by atoms with Crippen molar-refractivity contribution in [1.82, 2.24) is 20.6 Å². The Hall–Kier alpha value is -2.04. The van der Waals surface area contributed by atoms with Crippen molar-refractivity contribution in [1.29, 1.82) is 0 Å². The molecule has 3 rings (SSSR count). The monoisotopic (exact) mass is 244 g/mol. The third-order valence-corrected chi connectivity index (χ3v) is 3.00. The van der Waals surface area contributed by atoms with Crippen molar-refractivity contribution in [2.24, 2.45) is 0 Å². The summed E-state index contributed by atoms with van der Waals surface area (Å²) in [5, 5.41) is 5.72. The van der Waals surface area contributed by atoms with Crippen LogP contribution < -0.4 is 10.6 Å². The summed E-state index contributed by atoms with van der Waals surface area (Å²) in [6.45, 7) is 0.596. The van der Waals surface area contributed by atoms with E-state index < -0.39 is 0 Å². The number of carbonyl (C=O) groups is 1. The largest absolute Gasteiger partial charge is 0.342 e. The zero-order valence-corrected chi connectivity index (χ0v) is 10.1. The zero-order valence-electron chi connectivity index (χ0n) is 10.1. The Kier molecular flexibility index (Phi) is 2.88. The van der Waals surface area contributed by atoms with Gasteiger partial charge in [-0.1, -0.05) is 12.1 Å². The van der Waals surface area contributed by atoms with E-state index in [4.69, 9.17) is 0 Å². The Morgan fingerprint density at radius 3 is 3.00 bits per heavy atom. The first-order valence-electron chi connectivity index (χ1n) is 6.29. The lowest BCUT2D eigenvalue weighted by Crippen LogP contribution is -2.37. The number of H-pyrrole nitrogens is 1. The van der Waals surface area contributed by atoms with Gasteiger partial charge in [-0.3, -0.25) is 0 Å². The maximum atomic E-state index is 11.4. The van der Waals surface area contributed by atoms with E-state index >= 15 is 0 Å². The molecular formula is C13H16N4O. The molecule has 2 amide bonds. The predicted octanol–water partition coefficient (Wildman–Crippen LogP) is 1.57. The quantitative estimate of drug-likeness (QED) is 0.764. The molecule has 1 aromatic carbocycles. The van der Waals surface area contributed by atoms with Gasteiger partial charge in [0.15, 0.2) is 0 Å². The number of hydrogen-bond acceptors (Lipinski definition) is 2. The van der Waals surface area contributed by atoms with Gasteiger partial charge in [-0.15, -0.1) is 0 Å². The molecule has 0 unspecified atom stereocenters. The normalized spacial score (nSPS) is 14.7. The molecule has 1 saturated carbocycles. The molecule has 3 N–H and O–H groups in total. The molecule has 1 aliphatic carbocycles. The Balaban J connectivity index is 1.51. The van der Waals surface area contributed by atoms with Crippen LogP contribution in [0.4, 0.5) is 4.79 Å². The molecule has 1 aromatic heterocycles. The van der Waals surface area contributed by atoms with Crippen molar-refractivity contribution in [2.75, 3.05) is 6.54 Å². The summed E-state index contributed by atoms with van der Waals surface area (Å²) < 4.78 is 0. The van der Waals surface area contributed by atoms with Crippen LogP contribution in [0.1, 0.15) is 18.7 Å². The molecule has 0 aliphatic heterocycles. The highest BCUT2D eigenvalue weighted by Crippen LogP contribution is 2.18. The van der Waals surface area contributed by atoms with E-state index in [1.165, 1.54) is 0 Å². The summed E-state index contributed by atoms with van der Waals surface area (Å²) in [5.41, 5.74) is 2.00. The highest BCUT2D eigenvalue weighted by atomic mass is 16.2. The van der Waals surface area contributed by atoms with E-state index in [9.17, 15) is 4.79 Å².